The number of para-hydroxylation sites is 1. The first-order valence-corrected chi connectivity index (χ1v) is 8.71. The summed E-state index contributed by atoms with van der Waals surface area (Å²) >= 11 is 0. The molecule has 0 aliphatic rings. The van der Waals surface area contributed by atoms with E-state index in [9.17, 15) is 13.2 Å². The van der Waals surface area contributed by atoms with E-state index in [1.54, 1.807) is 36.4 Å². The van der Waals surface area contributed by atoms with Crippen LogP contribution in [0, 0.1) is 5.92 Å². The molecule has 1 heterocycles. The van der Waals surface area contributed by atoms with Gasteiger partial charge in [0.2, 0.25) is 5.82 Å². The molecule has 1 aromatic heterocycles. The minimum Gasteiger partial charge on any atom is -0.399 e. The predicted molar refractivity (Wildman–Crippen MR) is 98.3 cm³/mol. The molecule has 0 spiro atoms. The van der Waals surface area contributed by atoms with Gasteiger partial charge in [0.1, 0.15) is 0 Å². The number of imidazole rings is 1. The molecule has 0 aliphatic heterocycles. The summed E-state index contributed by atoms with van der Waals surface area (Å²) in [5.74, 6) is -0.351. The van der Waals surface area contributed by atoms with E-state index >= 15 is 0 Å². The van der Waals surface area contributed by atoms with Gasteiger partial charge in [0, 0.05) is 11.4 Å². The highest BCUT2D eigenvalue weighted by atomic mass is 19.4. The van der Waals surface area contributed by atoms with Crippen LogP contribution < -0.4 is 5.73 Å². The van der Waals surface area contributed by atoms with Crippen LogP contribution in [-0.2, 0) is 12.6 Å². The molecule has 0 saturated heterocycles. The molecular formula is C20H22F3N3. The SMILES string of the molecule is CC(C)CCCc1cccc2nc(C(F)(F)F)n(-c3ccc(N)cc3)c12. The lowest BCUT2D eigenvalue weighted by Gasteiger charge is -2.14. The molecule has 0 bridgehead atoms. The Hall–Kier alpha value is -2.50. The highest BCUT2D eigenvalue weighted by Crippen LogP contribution is 2.35. The van der Waals surface area contributed by atoms with Gasteiger partial charge in [0.25, 0.3) is 0 Å². The maximum Gasteiger partial charge on any atom is 0.450 e. The molecule has 2 aromatic carbocycles. The Balaban J connectivity index is 2.19. The second-order valence-corrected chi connectivity index (χ2v) is 6.93. The fourth-order valence-corrected chi connectivity index (χ4v) is 3.16. The van der Waals surface area contributed by atoms with Gasteiger partial charge in [-0.1, -0.05) is 32.4 Å². The zero-order valence-corrected chi connectivity index (χ0v) is 14.8. The number of fused-ring (bicyclic) bond motifs is 1. The van der Waals surface area contributed by atoms with E-state index in [-0.39, 0.29) is 0 Å². The molecule has 0 fully saturated rings. The lowest BCUT2D eigenvalue weighted by Crippen LogP contribution is -2.14. The van der Waals surface area contributed by atoms with Gasteiger partial charge in [0.05, 0.1) is 11.0 Å². The predicted octanol–water partition coefficient (Wildman–Crippen LogP) is 5.61. The molecule has 26 heavy (non-hydrogen) atoms. The first-order chi connectivity index (χ1) is 12.3. The molecule has 138 valence electrons. The largest absolute Gasteiger partial charge is 0.450 e. The summed E-state index contributed by atoms with van der Waals surface area (Å²) in [6.45, 7) is 4.28. The third-order valence-corrected chi connectivity index (χ3v) is 4.39. The van der Waals surface area contributed by atoms with E-state index in [0.717, 1.165) is 18.4 Å². The number of nitrogens with two attached hydrogens (primary N) is 1. The second kappa shape index (κ2) is 7.02. The molecule has 3 aromatic rings. The van der Waals surface area contributed by atoms with Crippen LogP contribution in [-0.4, -0.2) is 9.55 Å². The van der Waals surface area contributed by atoms with E-state index in [1.165, 1.54) is 4.57 Å². The summed E-state index contributed by atoms with van der Waals surface area (Å²) in [6, 6.07) is 11.7. The van der Waals surface area contributed by atoms with Crippen molar-refractivity contribution in [1.29, 1.82) is 0 Å². The fraction of sp³-hybridized carbons (Fsp3) is 0.350. The molecular weight excluding hydrogens is 339 g/mol. The number of nitrogen functional groups attached to an aromatic ring is 1. The summed E-state index contributed by atoms with van der Waals surface area (Å²) < 4.78 is 42.1. The van der Waals surface area contributed by atoms with Gasteiger partial charge in [0.15, 0.2) is 0 Å². The zero-order valence-electron chi connectivity index (χ0n) is 14.8. The minimum absolute atomic E-state index is 0.358. The molecule has 3 nitrogen and oxygen atoms in total. The number of hydrogen-bond acceptors (Lipinski definition) is 2. The van der Waals surface area contributed by atoms with Crippen molar-refractivity contribution in [2.24, 2.45) is 5.92 Å². The monoisotopic (exact) mass is 361 g/mol. The normalized spacial score (nSPS) is 12.2. The average Bonchev–Trinajstić information content (AvgIpc) is 2.96. The number of hydrogen-bond donors (Lipinski definition) is 1. The van der Waals surface area contributed by atoms with Crippen molar-refractivity contribution in [3.63, 3.8) is 0 Å². The highest BCUT2D eigenvalue weighted by molar-refractivity contribution is 5.82. The number of rotatable bonds is 5. The Morgan fingerprint density at radius 1 is 1.08 bits per heavy atom. The Labute approximate surface area is 150 Å². The summed E-state index contributed by atoms with van der Waals surface area (Å²) in [4.78, 5) is 3.89. The molecule has 0 unspecified atom stereocenters. The van der Waals surface area contributed by atoms with Crippen molar-refractivity contribution < 1.29 is 13.2 Å². The van der Waals surface area contributed by atoms with Crippen LogP contribution in [0.2, 0.25) is 0 Å². The fourth-order valence-electron chi connectivity index (χ4n) is 3.16. The van der Waals surface area contributed by atoms with Crippen LogP contribution in [0.25, 0.3) is 16.7 Å². The molecule has 0 aliphatic carbocycles. The van der Waals surface area contributed by atoms with Gasteiger partial charge in [-0.3, -0.25) is 4.57 Å². The number of alkyl halides is 3. The Kier molecular flexibility index (Phi) is 4.94. The molecule has 0 saturated carbocycles. The first kappa shape index (κ1) is 18.3. The van der Waals surface area contributed by atoms with Crippen LogP contribution in [0.15, 0.2) is 42.5 Å². The minimum atomic E-state index is -4.55. The third kappa shape index (κ3) is 3.69. The van der Waals surface area contributed by atoms with Crippen molar-refractivity contribution in [3.8, 4) is 5.69 Å². The van der Waals surface area contributed by atoms with Gasteiger partial charge >= 0.3 is 6.18 Å². The van der Waals surface area contributed by atoms with Gasteiger partial charge in [-0.25, -0.2) is 4.98 Å². The summed E-state index contributed by atoms with van der Waals surface area (Å²) in [6.07, 6.45) is -1.88. The third-order valence-electron chi connectivity index (χ3n) is 4.39. The van der Waals surface area contributed by atoms with Crippen LogP contribution in [0.1, 0.15) is 38.1 Å². The van der Waals surface area contributed by atoms with Crippen molar-refractivity contribution >= 4 is 16.7 Å². The number of aromatic nitrogens is 2. The number of anilines is 1. The van der Waals surface area contributed by atoms with Gasteiger partial charge in [-0.2, -0.15) is 13.2 Å². The summed E-state index contributed by atoms with van der Waals surface area (Å²) in [7, 11) is 0. The topological polar surface area (TPSA) is 43.8 Å². The lowest BCUT2D eigenvalue weighted by atomic mass is 10.0. The molecule has 0 radical (unpaired) electrons. The maximum absolute atomic E-state index is 13.6. The van der Waals surface area contributed by atoms with E-state index in [4.69, 9.17) is 5.73 Å². The van der Waals surface area contributed by atoms with Gasteiger partial charge in [-0.15, -0.1) is 0 Å². The van der Waals surface area contributed by atoms with Crippen LogP contribution in [0.4, 0.5) is 18.9 Å². The Morgan fingerprint density at radius 2 is 1.77 bits per heavy atom. The standard InChI is InChI=1S/C20H22F3N3/c1-13(2)5-3-6-14-7-4-8-17-18(14)26(19(25-17)20(21,22)23)16-11-9-15(24)10-12-16/h4,7-13H,3,5-6,24H2,1-2H3. The number of halogens is 3. The van der Waals surface area contributed by atoms with Crippen molar-refractivity contribution in [3.05, 3.63) is 53.9 Å². The molecule has 0 amide bonds. The van der Waals surface area contributed by atoms with E-state index in [0.29, 0.717) is 34.7 Å². The number of benzene rings is 2. The van der Waals surface area contributed by atoms with Crippen LogP contribution in [0.3, 0.4) is 0 Å². The van der Waals surface area contributed by atoms with Crippen molar-refractivity contribution in [2.45, 2.75) is 39.3 Å². The zero-order chi connectivity index (χ0) is 18.9. The van der Waals surface area contributed by atoms with Gasteiger partial charge < -0.3 is 5.73 Å². The summed E-state index contributed by atoms with van der Waals surface area (Å²) in [5.41, 5.74) is 8.36. The van der Waals surface area contributed by atoms with E-state index in [1.807, 2.05) is 6.07 Å². The molecule has 2 N–H and O–H groups in total. The number of nitrogens with zero attached hydrogens (tertiary/aromatic N) is 2. The van der Waals surface area contributed by atoms with Crippen LogP contribution in [0.5, 0.6) is 0 Å². The summed E-state index contributed by atoms with van der Waals surface area (Å²) in [5, 5.41) is 0. The quantitative estimate of drug-likeness (QED) is 0.601. The highest BCUT2D eigenvalue weighted by Gasteiger charge is 2.38. The average molecular weight is 361 g/mol. The van der Waals surface area contributed by atoms with E-state index < -0.39 is 12.0 Å². The van der Waals surface area contributed by atoms with Crippen molar-refractivity contribution in [1.82, 2.24) is 9.55 Å². The Bertz CT molecular complexity index is 893. The lowest BCUT2D eigenvalue weighted by molar-refractivity contribution is -0.145. The maximum atomic E-state index is 13.6. The smallest absolute Gasteiger partial charge is 0.399 e. The van der Waals surface area contributed by atoms with Gasteiger partial charge in [-0.05, 0) is 54.7 Å². The van der Waals surface area contributed by atoms with Crippen LogP contribution >= 0.6 is 0 Å². The second-order valence-electron chi connectivity index (χ2n) is 6.93. The molecule has 3 rings (SSSR count). The Morgan fingerprint density at radius 3 is 2.38 bits per heavy atom. The van der Waals surface area contributed by atoms with E-state index in [2.05, 4.69) is 18.8 Å². The first-order valence-electron chi connectivity index (χ1n) is 8.71. The van der Waals surface area contributed by atoms with Crippen molar-refractivity contribution in [2.75, 3.05) is 5.73 Å². The number of aryl methyl sites for hydroxylation is 1. The molecule has 6 heteroatoms. The molecule has 0 atom stereocenters.